The number of anilines is 1. The van der Waals surface area contributed by atoms with Gasteiger partial charge in [0.05, 0.1) is 17.6 Å². The lowest BCUT2D eigenvalue weighted by atomic mass is 10.1. The minimum atomic E-state index is -0.352. The third-order valence-corrected chi connectivity index (χ3v) is 4.14. The van der Waals surface area contributed by atoms with Crippen molar-refractivity contribution >= 4 is 22.9 Å². The molecule has 2 aromatic carbocycles. The van der Waals surface area contributed by atoms with Crippen LogP contribution in [0.15, 0.2) is 65.4 Å². The van der Waals surface area contributed by atoms with E-state index in [4.69, 9.17) is 4.52 Å². The number of aromatic nitrogens is 3. The number of para-hydroxylation sites is 2. The second-order valence-electron chi connectivity index (χ2n) is 5.78. The van der Waals surface area contributed by atoms with Gasteiger partial charge in [-0.05, 0) is 30.2 Å². The van der Waals surface area contributed by atoms with Crippen molar-refractivity contribution < 1.29 is 9.32 Å². The Hall–Kier alpha value is -3.41. The van der Waals surface area contributed by atoms with Gasteiger partial charge in [0.25, 0.3) is 5.91 Å². The highest BCUT2D eigenvalue weighted by molar-refractivity contribution is 6.02. The maximum Gasteiger partial charge on any atom is 0.280 e. The zero-order chi connectivity index (χ0) is 17.2. The molecule has 0 radical (unpaired) electrons. The van der Waals surface area contributed by atoms with E-state index in [1.807, 2.05) is 41.0 Å². The van der Waals surface area contributed by atoms with Gasteiger partial charge in [-0.1, -0.05) is 41.6 Å². The maximum absolute atomic E-state index is 12.3. The van der Waals surface area contributed by atoms with Crippen LogP contribution < -0.4 is 5.32 Å². The highest BCUT2D eigenvalue weighted by Crippen LogP contribution is 2.22. The van der Waals surface area contributed by atoms with Gasteiger partial charge in [0.1, 0.15) is 6.26 Å². The molecule has 0 unspecified atom stereocenters. The number of amides is 1. The molecule has 25 heavy (non-hydrogen) atoms. The fourth-order valence-electron chi connectivity index (χ4n) is 2.78. The fourth-order valence-corrected chi connectivity index (χ4v) is 2.78. The number of fused-ring (bicyclic) bond motifs is 1. The largest absolute Gasteiger partial charge is 0.364 e. The minimum absolute atomic E-state index is 0.217. The first-order valence-electron chi connectivity index (χ1n) is 7.94. The van der Waals surface area contributed by atoms with Crippen LogP contribution in [0.4, 0.5) is 5.95 Å². The molecule has 2 aromatic heterocycles. The number of imidazole rings is 1. The molecule has 0 aliphatic heterocycles. The van der Waals surface area contributed by atoms with E-state index in [1.54, 1.807) is 0 Å². The first kappa shape index (κ1) is 15.1. The van der Waals surface area contributed by atoms with E-state index in [9.17, 15) is 4.79 Å². The van der Waals surface area contributed by atoms with Crippen molar-refractivity contribution in [3.8, 4) is 0 Å². The number of rotatable bonds is 4. The van der Waals surface area contributed by atoms with Gasteiger partial charge in [-0.15, -0.1) is 0 Å². The molecule has 0 spiro atoms. The third kappa shape index (κ3) is 2.89. The first-order chi connectivity index (χ1) is 12.2. The average molecular weight is 332 g/mol. The molecule has 2 heterocycles. The Bertz CT molecular complexity index is 1030. The van der Waals surface area contributed by atoms with Gasteiger partial charge in [0.15, 0.2) is 5.69 Å². The molecule has 1 N–H and O–H groups in total. The Morgan fingerprint density at radius 2 is 1.92 bits per heavy atom. The molecule has 1 amide bonds. The van der Waals surface area contributed by atoms with Gasteiger partial charge in [-0.3, -0.25) is 10.1 Å². The molecule has 0 aliphatic carbocycles. The Morgan fingerprint density at radius 3 is 2.72 bits per heavy atom. The quantitative estimate of drug-likeness (QED) is 0.619. The predicted octanol–water partition coefficient (Wildman–Crippen LogP) is 3.63. The van der Waals surface area contributed by atoms with Crippen LogP contribution in [0.1, 0.15) is 21.6 Å². The summed E-state index contributed by atoms with van der Waals surface area (Å²) in [5, 5.41) is 6.50. The molecule has 0 atom stereocenters. The van der Waals surface area contributed by atoms with Crippen LogP contribution in [0.3, 0.4) is 0 Å². The van der Waals surface area contributed by atoms with Crippen molar-refractivity contribution in [2.75, 3.05) is 5.32 Å². The summed E-state index contributed by atoms with van der Waals surface area (Å²) < 4.78 is 6.73. The van der Waals surface area contributed by atoms with E-state index in [2.05, 4.69) is 34.5 Å². The summed E-state index contributed by atoms with van der Waals surface area (Å²) in [5.74, 6) is 0.132. The van der Waals surface area contributed by atoms with Gasteiger partial charge >= 0.3 is 0 Å². The SMILES string of the molecule is Cc1ccccc1Cn1c(NC(=O)c2ccon2)nc2ccccc21. The van der Waals surface area contributed by atoms with E-state index in [1.165, 1.54) is 23.5 Å². The first-order valence-corrected chi connectivity index (χ1v) is 7.94. The smallest absolute Gasteiger partial charge is 0.280 e. The second-order valence-corrected chi connectivity index (χ2v) is 5.78. The summed E-state index contributed by atoms with van der Waals surface area (Å²) >= 11 is 0. The van der Waals surface area contributed by atoms with Crippen LogP contribution in [0.5, 0.6) is 0 Å². The summed E-state index contributed by atoms with van der Waals surface area (Å²) in [6, 6.07) is 17.5. The van der Waals surface area contributed by atoms with Crippen LogP contribution in [0.2, 0.25) is 0 Å². The van der Waals surface area contributed by atoms with E-state index in [0.717, 1.165) is 11.0 Å². The highest BCUT2D eigenvalue weighted by atomic mass is 16.5. The van der Waals surface area contributed by atoms with Gasteiger partial charge in [-0.25, -0.2) is 4.98 Å². The molecule has 0 bridgehead atoms. The van der Waals surface area contributed by atoms with E-state index in [-0.39, 0.29) is 11.6 Å². The van der Waals surface area contributed by atoms with Gasteiger partial charge in [0.2, 0.25) is 5.95 Å². The predicted molar refractivity (Wildman–Crippen MR) is 94.5 cm³/mol. The van der Waals surface area contributed by atoms with E-state index < -0.39 is 0 Å². The topological polar surface area (TPSA) is 73.0 Å². The number of nitrogens with zero attached hydrogens (tertiary/aromatic N) is 3. The molecule has 4 aromatic rings. The monoisotopic (exact) mass is 332 g/mol. The van der Waals surface area contributed by atoms with Gasteiger partial charge in [0, 0.05) is 6.07 Å². The maximum atomic E-state index is 12.3. The molecular weight excluding hydrogens is 316 g/mol. The lowest BCUT2D eigenvalue weighted by molar-refractivity contribution is 0.101. The van der Waals surface area contributed by atoms with E-state index in [0.29, 0.717) is 12.5 Å². The van der Waals surface area contributed by atoms with Crippen LogP contribution in [0, 0.1) is 6.92 Å². The lowest BCUT2D eigenvalue weighted by Gasteiger charge is -2.11. The van der Waals surface area contributed by atoms with Crippen LogP contribution in [0.25, 0.3) is 11.0 Å². The Kier molecular flexibility index (Phi) is 3.78. The summed E-state index contributed by atoms with van der Waals surface area (Å²) in [5.41, 5.74) is 4.36. The van der Waals surface area contributed by atoms with Gasteiger partial charge in [-0.2, -0.15) is 0 Å². The molecule has 6 nitrogen and oxygen atoms in total. The zero-order valence-electron chi connectivity index (χ0n) is 13.6. The summed E-state index contributed by atoms with van der Waals surface area (Å²) in [7, 11) is 0. The summed E-state index contributed by atoms with van der Waals surface area (Å²) in [4.78, 5) is 16.9. The van der Waals surface area contributed by atoms with Crippen molar-refractivity contribution in [2.45, 2.75) is 13.5 Å². The van der Waals surface area contributed by atoms with Crippen LogP contribution in [-0.4, -0.2) is 20.6 Å². The summed E-state index contributed by atoms with van der Waals surface area (Å²) in [6.45, 7) is 2.68. The summed E-state index contributed by atoms with van der Waals surface area (Å²) in [6.07, 6.45) is 1.37. The molecule has 6 heteroatoms. The zero-order valence-corrected chi connectivity index (χ0v) is 13.6. The second kappa shape index (κ2) is 6.24. The third-order valence-electron chi connectivity index (χ3n) is 4.14. The van der Waals surface area contributed by atoms with E-state index >= 15 is 0 Å². The van der Waals surface area contributed by atoms with Crippen molar-refractivity contribution in [3.05, 3.63) is 77.7 Å². The van der Waals surface area contributed by atoms with Crippen molar-refractivity contribution in [2.24, 2.45) is 0 Å². The van der Waals surface area contributed by atoms with Crippen molar-refractivity contribution in [1.82, 2.24) is 14.7 Å². The Balaban J connectivity index is 1.76. The van der Waals surface area contributed by atoms with Crippen molar-refractivity contribution in [3.63, 3.8) is 0 Å². The number of hydrogen-bond acceptors (Lipinski definition) is 4. The highest BCUT2D eigenvalue weighted by Gasteiger charge is 2.16. The fraction of sp³-hybridized carbons (Fsp3) is 0.105. The van der Waals surface area contributed by atoms with Crippen molar-refractivity contribution in [1.29, 1.82) is 0 Å². The molecule has 124 valence electrons. The Labute approximate surface area is 144 Å². The normalized spacial score (nSPS) is 10.9. The number of carbonyl (C=O) groups excluding carboxylic acids is 1. The number of nitrogens with one attached hydrogen (secondary N) is 1. The van der Waals surface area contributed by atoms with Crippen LogP contribution in [-0.2, 0) is 6.54 Å². The minimum Gasteiger partial charge on any atom is -0.364 e. The van der Waals surface area contributed by atoms with Crippen LogP contribution >= 0.6 is 0 Å². The number of benzene rings is 2. The lowest BCUT2D eigenvalue weighted by Crippen LogP contribution is -2.16. The molecular formula is C19H16N4O2. The Morgan fingerprint density at radius 1 is 1.12 bits per heavy atom. The number of carbonyl (C=O) groups is 1. The van der Waals surface area contributed by atoms with Gasteiger partial charge < -0.3 is 9.09 Å². The molecule has 0 saturated heterocycles. The molecule has 0 fully saturated rings. The number of hydrogen-bond donors (Lipinski definition) is 1. The molecule has 0 saturated carbocycles. The standard InChI is InChI=1S/C19H16N4O2/c1-13-6-2-3-7-14(13)12-23-17-9-5-4-8-15(17)20-19(23)21-18(24)16-10-11-25-22-16/h2-11H,12H2,1H3,(H,20,21,24). The average Bonchev–Trinajstić information content (AvgIpc) is 3.26. The molecule has 0 aliphatic rings. The molecule has 4 rings (SSSR count). The number of aryl methyl sites for hydroxylation is 1.